The van der Waals surface area contributed by atoms with E-state index in [4.69, 9.17) is 4.74 Å². The average molecular weight is 289 g/mol. The van der Waals surface area contributed by atoms with Crippen molar-refractivity contribution in [1.82, 2.24) is 4.90 Å². The lowest BCUT2D eigenvalue weighted by atomic mass is 10.1. The van der Waals surface area contributed by atoms with Crippen LogP contribution >= 0.6 is 0 Å². The Hall–Kier alpha value is -1.27. The number of aliphatic hydroxyl groups is 1. The van der Waals surface area contributed by atoms with E-state index in [-0.39, 0.29) is 18.4 Å². The summed E-state index contributed by atoms with van der Waals surface area (Å²) in [5.41, 5.74) is 0.720. The van der Waals surface area contributed by atoms with Gasteiger partial charge < -0.3 is 9.84 Å². The van der Waals surface area contributed by atoms with Gasteiger partial charge in [0.25, 0.3) is 0 Å². The smallest absolute Gasteiger partial charge is 0.422 e. The van der Waals surface area contributed by atoms with Crippen LogP contribution in [0.25, 0.3) is 0 Å². The Kier molecular flexibility index (Phi) is 4.88. The molecule has 1 heterocycles. The van der Waals surface area contributed by atoms with Gasteiger partial charge in [-0.15, -0.1) is 0 Å². The van der Waals surface area contributed by atoms with Crippen LogP contribution in [0.5, 0.6) is 5.75 Å². The van der Waals surface area contributed by atoms with Crippen LogP contribution in [0, 0.1) is 0 Å². The normalized spacial score (nSPS) is 20.3. The zero-order valence-corrected chi connectivity index (χ0v) is 11.1. The van der Waals surface area contributed by atoms with E-state index < -0.39 is 12.8 Å². The molecule has 3 nitrogen and oxygen atoms in total. The highest BCUT2D eigenvalue weighted by Gasteiger charge is 2.29. The van der Waals surface area contributed by atoms with Gasteiger partial charge in [-0.05, 0) is 25.5 Å². The molecule has 0 amide bonds. The van der Waals surface area contributed by atoms with Crippen LogP contribution in [-0.4, -0.2) is 42.0 Å². The van der Waals surface area contributed by atoms with Gasteiger partial charge in [-0.3, -0.25) is 4.90 Å². The van der Waals surface area contributed by atoms with Crippen molar-refractivity contribution in [2.24, 2.45) is 0 Å². The summed E-state index contributed by atoms with van der Waals surface area (Å²) in [5, 5.41) is 9.27. The van der Waals surface area contributed by atoms with Gasteiger partial charge in [0.15, 0.2) is 6.61 Å². The van der Waals surface area contributed by atoms with E-state index in [2.05, 4.69) is 4.90 Å². The minimum absolute atomic E-state index is 0.0750. The number of nitrogens with zero attached hydrogens (tertiary/aromatic N) is 1. The second-order valence-corrected chi connectivity index (χ2v) is 4.96. The molecule has 6 heteroatoms. The molecular weight excluding hydrogens is 271 g/mol. The lowest BCUT2D eigenvalue weighted by Crippen LogP contribution is -2.31. The number of hydrogen-bond acceptors (Lipinski definition) is 3. The quantitative estimate of drug-likeness (QED) is 0.904. The molecular formula is C14H18F3NO2. The number of hydrogen-bond donors (Lipinski definition) is 1. The molecule has 1 fully saturated rings. The van der Waals surface area contributed by atoms with Crippen LogP contribution < -0.4 is 4.74 Å². The number of alkyl halides is 3. The van der Waals surface area contributed by atoms with Gasteiger partial charge in [-0.2, -0.15) is 13.2 Å². The van der Waals surface area contributed by atoms with E-state index in [9.17, 15) is 18.3 Å². The molecule has 0 spiro atoms. The van der Waals surface area contributed by atoms with Crippen molar-refractivity contribution in [2.45, 2.75) is 31.6 Å². The summed E-state index contributed by atoms with van der Waals surface area (Å²) >= 11 is 0. The third-order valence-corrected chi connectivity index (χ3v) is 3.45. The number of aliphatic hydroxyl groups excluding tert-OH is 1. The van der Waals surface area contributed by atoms with Gasteiger partial charge in [-0.1, -0.05) is 18.2 Å². The van der Waals surface area contributed by atoms with Crippen molar-refractivity contribution in [3.8, 4) is 5.75 Å². The van der Waals surface area contributed by atoms with Crippen molar-refractivity contribution < 1.29 is 23.0 Å². The van der Waals surface area contributed by atoms with E-state index in [0.717, 1.165) is 24.9 Å². The molecule has 1 atom stereocenters. The Labute approximate surface area is 116 Å². The minimum atomic E-state index is -4.34. The molecule has 1 aromatic carbocycles. The topological polar surface area (TPSA) is 32.7 Å². The van der Waals surface area contributed by atoms with Crippen molar-refractivity contribution in [3.63, 3.8) is 0 Å². The third-order valence-electron chi connectivity index (χ3n) is 3.45. The molecule has 1 saturated heterocycles. The van der Waals surface area contributed by atoms with Crippen LogP contribution in [0.1, 0.15) is 18.4 Å². The van der Waals surface area contributed by atoms with Gasteiger partial charge in [-0.25, -0.2) is 0 Å². The maximum Gasteiger partial charge on any atom is 0.422 e. The Balaban J connectivity index is 2.04. The highest BCUT2D eigenvalue weighted by molar-refractivity contribution is 5.33. The molecule has 2 rings (SSSR count). The number of halogens is 3. The van der Waals surface area contributed by atoms with Gasteiger partial charge in [0.1, 0.15) is 5.75 Å². The second-order valence-electron chi connectivity index (χ2n) is 4.96. The summed E-state index contributed by atoms with van der Waals surface area (Å²) in [6.45, 7) is 0.136. The molecule has 0 radical (unpaired) electrons. The first-order valence-corrected chi connectivity index (χ1v) is 6.62. The summed E-state index contributed by atoms with van der Waals surface area (Å²) in [6, 6.07) is 6.83. The van der Waals surface area contributed by atoms with Gasteiger partial charge >= 0.3 is 6.18 Å². The number of ether oxygens (including phenoxy) is 1. The predicted octanol–water partition coefficient (Wildman–Crippen LogP) is 2.58. The van der Waals surface area contributed by atoms with E-state index in [1.165, 1.54) is 0 Å². The minimum Gasteiger partial charge on any atom is -0.484 e. The van der Waals surface area contributed by atoms with Crippen molar-refractivity contribution in [2.75, 3.05) is 19.8 Å². The molecule has 0 saturated carbocycles. The summed E-state index contributed by atoms with van der Waals surface area (Å²) in [7, 11) is 0. The molecule has 0 unspecified atom stereocenters. The SMILES string of the molecule is OC[C@H]1CCCN1Cc1ccccc1OCC(F)(F)F. The van der Waals surface area contributed by atoms with E-state index in [0.29, 0.717) is 6.54 Å². The van der Waals surface area contributed by atoms with E-state index >= 15 is 0 Å². The van der Waals surface area contributed by atoms with Crippen molar-refractivity contribution >= 4 is 0 Å². The standard InChI is InChI=1S/C14H18F3NO2/c15-14(16,17)10-20-13-6-2-1-4-11(13)8-18-7-3-5-12(18)9-19/h1-2,4,6,12,19H,3,5,7-10H2/t12-/m1/s1. The Morgan fingerprint density at radius 2 is 2.05 bits per heavy atom. The summed E-state index contributed by atoms with van der Waals surface area (Å²) in [4.78, 5) is 2.08. The van der Waals surface area contributed by atoms with Crippen molar-refractivity contribution in [1.29, 1.82) is 0 Å². The highest BCUT2D eigenvalue weighted by atomic mass is 19.4. The first-order chi connectivity index (χ1) is 9.49. The first-order valence-electron chi connectivity index (χ1n) is 6.62. The lowest BCUT2D eigenvalue weighted by Gasteiger charge is -2.24. The molecule has 1 aliphatic heterocycles. The lowest BCUT2D eigenvalue weighted by molar-refractivity contribution is -0.153. The summed E-state index contributed by atoms with van der Waals surface area (Å²) in [6.07, 6.45) is -2.42. The van der Waals surface area contributed by atoms with Crippen molar-refractivity contribution in [3.05, 3.63) is 29.8 Å². The average Bonchev–Trinajstić information content (AvgIpc) is 2.84. The fraction of sp³-hybridized carbons (Fsp3) is 0.571. The van der Waals surface area contributed by atoms with Crippen LogP contribution in [0.3, 0.4) is 0 Å². The molecule has 0 bridgehead atoms. The second kappa shape index (κ2) is 6.45. The van der Waals surface area contributed by atoms with Gasteiger partial charge in [0.2, 0.25) is 0 Å². The fourth-order valence-corrected chi connectivity index (χ4v) is 2.46. The highest BCUT2D eigenvalue weighted by Crippen LogP contribution is 2.26. The van der Waals surface area contributed by atoms with E-state index in [1.807, 2.05) is 0 Å². The predicted molar refractivity (Wildman–Crippen MR) is 68.5 cm³/mol. The monoisotopic (exact) mass is 289 g/mol. The Morgan fingerprint density at radius 1 is 1.30 bits per heavy atom. The molecule has 0 aliphatic carbocycles. The molecule has 112 valence electrons. The van der Waals surface area contributed by atoms with Crippen LogP contribution in [0.15, 0.2) is 24.3 Å². The molecule has 20 heavy (non-hydrogen) atoms. The third kappa shape index (κ3) is 4.11. The Bertz CT molecular complexity index is 437. The first kappa shape index (κ1) is 15.1. The van der Waals surface area contributed by atoms with Crippen LogP contribution in [0.2, 0.25) is 0 Å². The number of para-hydroxylation sites is 1. The van der Waals surface area contributed by atoms with Gasteiger partial charge in [0.05, 0.1) is 6.61 Å². The van der Waals surface area contributed by atoms with Crippen LogP contribution in [0.4, 0.5) is 13.2 Å². The molecule has 1 aliphatic rings. The number of likely N-dealkylation sites (tertiary alicyclic amines) is 1. The van der Waals surface area contributed by atoms with Crippen LogP contribution in [-0.2, 0) is 6.54 Å². The summed E-state index contributed by atoms with van der Waals surface area (Å²) < 4.78 is 41.5. The maximum absolute atomic E-state index is 12.2. The fourth-order valence-electron chi connectivity index (χ4n) is 2.46. The van der Waals surface area contributed by atoms with E-state index in [1.54, 1.807) is 24.3 Å². The molecule has 0 aromatic heterocycles. The zero-order chi connectivity index (χ0) is 14.6. The zero-order valence-electron chi connectivity index (χ0n) is 11.1. The number of benzene rings is 1. The Morgan fingerprint density at radius 3 is 2.75 bits per heavy atom. The van der Waals surface area contributed by atoms with Gasteiger partial charge in [0, 0.05) is 18.2 Å². The number of rotatable bonds is 5. The molecule has 1 N–H and O–H groups in total. The maximum atomic E-state index is 12.2. The summed E-state index contributed by atoms with van der Waals surface area (Å²) in [5.74, 6) is 0.258. The molecule has 1 aromatic rings. The largest absolute Gasteiger partial charge is 0.484 e.